The number of hydrogen-bond acceptors (Lipinski definition) is 4. The van der Waals surface area contributed by atoms with E-state index in [1.807, 2.05) is 20.8 Å². The smallest absolute Gasteiger partial charge is 0.410 e. The van der Waals surface area contributed by atoms with E-state index in [4.69, 9.17) is 4.74 Å². The van der Waals surface area contributed by atoms with E-state index in [0.717, 1.165) is 25.6 Å². The van der Waals surface area contributed by atoms with Crippen LogP contribution in [0.15, 0.2) is 4.99 Å². The van der Waals surface area contributed by atoms with Crippen LogP contribution in [0.5, 0.6) is 0 Å². The van der Waals surface area contributed by atoms with E-state index >= 15 is 0 Å². The van der Waals surface area contributed by atoms with E-state index in [2.05, 4.69) is 27.4 Å². The highest BCUT2D eigenvalue weighted by molar-refractivity contribution is 14.0. The number of likely N-dealkylation sites (tertiary alicyclic amines) is 1. The normalized spacial score (nSPS) is 15.8. The van der Waals surface area contributed by atoms with Crippen molar-refractivity contribution in [2.75, 3.05) is 52.9 Å². The zero-order chi connectivity index (χ0) is 18.7. The van der Waals surface area contributed by atoms with Gasteiger partial charge in [-0.1, -0.05) is 6.42 Å². The molecule has 0 spiro atoms. The second kappa shape index (κ2) is 13.4. The molecule has 1 saturated heterocycles. The second-order valence-electron chi connectivity index (χ2n) is 7.49. The lowest BCUT2D eigenvalue weighted by molar-refractivity contribution is 0.0302. The Balaban J connectivity index is 0.00000625. The third-order valence-corrected chi connectivity index (χ3v) is 3.92. The number of nitrogens with zero attached hydrogens (tertiary/aromatic N) is 3. The summed E-state index contributed by atoms with van der Waals surface area (Å²) in [5, 5.41) is 6.53. The van der Waals surface area contributed by atoms with Gasteiger partial charge < -0.3 is 25.2 Å². The number of ether oxygens (including phenoxy) is 1. The molecule has 7 nitrogen and oxygen atoms in total. The number of guanidine groups is 1. The summed E-state index contributed by atoms with van der Waals surface area (Å²) in [4.78, 5) is 20.6. The maximum absolute atomic E-state index is 11.9. The first-order valence-corrected chi connectivity index (χ1v) is 9.50. The molecule has 2 N–H and O–H groups in total. The summed E-state index contributed by atoms with van der Waals surface area (Å²) in [6.45, 7) is 13.9. The van der Waals surface area contributed by atoms with Crippen molar-refractivity contribution < 1.29 is 9.53 Å². The minimum Gasteiger partial charge on any atom is -0.444 e. The summed E-state index contributed by atoms with van der Waals surface area (Å²) in [6, 6.07) is 0. The van der Waals surface area contributed by atoms with Gasteiger partial charge in [0.05, 0.1) is 6.54 Å². The highest BCUT2D eigenvalue weighted by Gasteiger charge is 2.19. The quantitative estimate of drug-likeness (QED) is 0.331. The number of amides is 1. The first-order chi connectivity index (χ1) is 11.8. The molecule has 0 bridgehead atoms. The van der Waals surface area contributed by atoms with Crippen LogP contribution < -0.4 is 10.6 Å². The number of carbonyl (C=O) groups excluding carboxylic acids is 1. The molecule has 0 radical (unpaired) electrons. The van der Waals surface area contributed by atoms with Crippen LogP contribution in [0.4, 0.5) is 4.79 Å². The molecule has 0 aromatic carbocycles. The lowest BCUT2D eigenvalue weighted by atomic mass is 10.1. The first-order valence-electron chi connectivity index (χ1n) is 9.50. The fraction of sp³-hybridized carbons (Fsp3) is 0.889. The summed E-state index contributed by atoms with van der Waals surface area (Å²) >= 11 is 0. The van der Waals surface area contributed by atoms with Gasteiger partial charge in [0.1, 0.15) is 5.60 Å². The van der Waals surface area contributed by atoms with Gasteiger partial charge in [0.2, 0.25) is 0 Å². The molecule has 0 unspecified atom stereocenters. The Morgan fingerprint density at radius 1 is 1.19 bits per heavy atom. The number of hydrogen-bond donors (Lipinski definition) is 2. The molecule has 154 valence electrons. The topological polar surface area (TPSA) is 69.2 Å². The SMILES string of the molecule is CCNC(=NCCN1CCCCC1)NCCN(C)C(=O)OC(C)(C)C.I. The van der Waals surface area contributed by atoms with Gasteiger partial charge in [0.25, 0.3) is 0 Å². The van der Waals surface area contributed by atoms with Gasteiger partial charge in [0, 0.05) is 33.2 Å². The predicted octanol–water partition coefficient (Wildman–Crippen LogP) is 2.51. The van der Waals surface area contributed by atoms with Crippen molar-refractivity contribution in [1.82, 2.24) is 20.4 Å². The Labute approximate surface area is 176 Å². The third-order valence-electron chi connectivity index (χ3n) is 3.92. The molecule has 0 aliphatic carbocycles. The minimum absolute atomic E-state index is 0. The molecule has 0 saturated carbocycles. The standard InChI is InChI=1S/C18H37N5O2.HI/c1-6-19-16(21-11-15-23-12-8-7-9-13-23)20-10-14-22(5)17(24)25-18(2,3)4;/h6-15H2,1-5H3,(H2,19,20,21);1H. The van der Waals surface area contributed by atoms with Gasteiger partial charge in [-0.2, -0.15) is 0 Å². The van der Waals surface area contributed by atoms with Crippen LogP contribution >= 0.6 is 24.0 Å². The molecular formula is C18H38IN5O2. The lowest BCUT2D eigenvalue weighted by Crippen LogP contribution is -2.43. The molecule has 1 fully saturated rings. The van der Waals surface area contributed by atoms with Gasteiger partial charge in [-0.15, -0.1) is 24.0 Å². The van der Waals surface area contributed by atoms with Gasteiger partial charge >= 0.3 is 6.09 Å². The molecule has 1 rings (SSSR count). The van der Waals surface area contributed by atoms with E-state index < -0.39 is 5.60 Å². The second-order valence-corrected chi connectivity index (χ2v) is 7.49. The number of carbonyl (C=O) groups is 1. The fourth-order valence-electron chi connectivity index (χ4n) is 2.60. The summed E-state index contributed by atoms with van der Waals surface area (Å²) in [7, 11) is 1.75. The van der Waals surface area contributed by atoms with Crippen LogP contribution in [0.1, 0.15) is 47.0 Å². The van der Waals surface area contributed by atoms with E-state index in [-0.39, 0.29) is 30.1 Å². The Kier molecular flexibility index (Phi) is 13.0. The van der Waals surface area contributed by atoms with E-state index in [1.54, 1.807) is 11.9 Å². The number of halogens is 1. The predicted molar refractivity (Wildman–Crippen MR) is 119 cm³/mol. The molecule has 0 atom stereocenters. The summed E-state index contributed by atoms with van der Waals surface area (Å²) in [5.74, 6) is 0.803. The Hall–Kier alpha value is -0.770. The fourth-order valence-corrected chi connectivity index (χ4v) is 2.60. The van der Waals surface area contributed by atoms with Gasteiger partial charge in [-0.05, 0) is 53.6 Å². The van der Waals surface area contributed by atoms with Crippen molar-refractivity contribution in [2.24, 2.45) is 4.99 Å². The van der Waals surface area contributed by atoms with Crippen molar-refractivity contribution >= 4 is 36.0 Å². The van der Waals surface area contributed by atoms with Crippen molar-refractivity contribution in [2.45, 2.75) is 52.6 Å². The zero-order valence-corrected chi connectivity index (χ0v) is 19.5. The number of rotatable bonds is 7. The number of likely N-dealkylation sites (N-methyl/N-ethyl adjacent to an activating group) is 1. The summed E-state index contributed by atoms with van der Waals surface area (Å²) in [5.41, 5.74) is -0.469. The third kappa shape index (κ3) is 11.8. The summed E-state index contributed by atoms with van der Waals surface area (Å²) < 4.78 is 5.34. The van der Waals surface area contributed by atoms with Crippen LogP contribution in [0.3, 0.4) is 0 Å². The van der Waals surface area contributed by atoms with Gasteiger partial charge in [-0.3, -0.25) is 4.99 Å². The monoisotopic (exact) mass is 483 g/mol. The maximum atomic E-state index is 11.9. The van der Waals surface area contributed by atoms with Gasteiger partial charge in [-0.25, -0.2) is 4.79 Å². The van der Waals surface area contributed by atoms with Crippen molar-refractivity contribution in [3.8, 4) is 0 Å². The number of piperidine rings is 1. The van der Waals surface area contributed by atoms with Crippen molar-refractivity contribution in [3.63, 3.8) is 0 Å². The van der Waals surface area contributed by atoms with Crippen LogP contribution in [0.25, 0.3) is 0 Å². The molecule has 1 aliphatic heterocycles. The highest BCUT2D eigenvalue weighted by Crippen LogP contribution is 2.09. The molecule has 1 amide bonds. The minimum atomic E-state index is -0.469. The molecule has 1 aliphatic rings. The van der Waals surface area contributed by atoms with Gasteiger partial charge in [0.15, 0.2) is 5.96 Å². The average Bonchev–Trinajstić information content (AvgIpc) is 2.54. The van der Waals surface area contributed by atoms with Crippen molar-refractivity contribution in [1.29, 1.82) is 0 Å². The number of nitrogens with one attached hydrogen (secondary N) is 2. The molecule has 1 heterocycles. The first kappa shape index (κ1) is 25.2. The molecule has 0 aromatic heterocycles. The Morgan fingerprint density at radius 2 is 1.85 bits per heavy atom. The van der Waals surface area contributed by atoms with Crippen molar-refractivity contribution in [3.05, 3.63) is 0 Å². The maximum Gasteiger partial charge on any atom is 0.410 e. The average molecular weight is 483 g/mol. The molecular weight excluding hydrogens is 445 g/mol. The molecule has 8 heteroatoms. The largest absolute Gasteiger partial charge is 0.444 e. The number of aliphatic imine (C=N–C) groups is 1. The summed E-state index contributed by atoms with van der Waals surface area (Å²) in [6.07, 6.45) is 3.66. The van der Waals surface area contributed by atoms with Crippen LogP contribution in [-0.2, 0) is 4.74 Å². The zero-order valence-electron chi connectivity index (χ0n) is 17.1. The Morgan fingerprint density at radius 3 is 2.42 bits per heavy atom. The van der Waals surface area contributed by atoms with E-state index in [0.29, 0.717) is 13.1 Å². The van der Waals surface area contributed by atoms with E-state index in [1.165, 1.54) is 32.4 Å². The molecule has 0 aromatic rings. The highest BCUT2D eigenvalue weighted by atomic mass is 127. The lowest BCUT2D eigenvalue weighted by Gasteiger charge is -2.26. The van der Waals surface area contributed by atoms with Crippen LogP contribution in [0.2, 0.25) is 0 Å². The van der Waals surface area contributed by atoms with E-state index in [9.17, 15) is 4.79 Å². The molecule has 26 heavy (non-hydrogen) atoms. The van der Waals surface area contributed by atoms with Crippen LogP contribution in [0, 0.1) is 0 Å². The van der Waals surface area contributed by atoms with Crippen LogP contribution in [-0.4, -0.2) is 80.3 Å². The Bertz CT molecular complexity index is 420.